The highest BCUT2D eigenvalue weighted by Gasteiger charge is 2.13. The molecule has 0 aliphatic rings. The summed E-state index contributed by atoms with van der Waals surface area (Å²) in [6, 6.07) is 3.12. The SMILES string of the molecule is CC(C)Oc1cc(NC(=O)CSCC(=O)N(C)C)c(Cl)cc1Cl. The number of carbonyl (C=O) groups is 2. The lowest BCUT2D eigenvalue weighted by atomic mass is 10.3. The zero-order chi connectivity index (χ0) is 17.6. The Morgan fingerprint density at radius 1 is 1.22 bits per heavy atom. The Morgan fingerprint density at radius 3 is 2.43 bits per heavy atom. The van der Waals surface area contributed by atoms with Crippen LogP contribution in [0.15, 0.2) is 12.1 Å². The molecule has 0 radical (unpaired) electrons. The maximum Gasteiger partial charge on any atom is 0.234 e. The predicted molar refractivity (Wildman–Crippen MR) is 96.9 cm³/mol. The Kier molecular flexibility index (Phi) is 8.02. The molecule has 0 spiro atoms. The van der Waals surface area contributed by atoms with E-state index in [0.717, 1.165) is 0 Å². The van der Waals surface area contributed by atoms with Gasteiger partial charge in [0.15, 0.2) is 0 Å². The van der Waals surface area contributed by atoms with E-state index in [1.807, 2.05) is 13.8 Å². The molecular formula is C15H20Cl2N2O3S. The molecule has 0 heterocycles. The molecule has 0 aliphatic carbocycles. The van der Waals surface area contributed by atoms with Gasteiger partial charge in [0.25, 0.3) is 0 Å². The van der Waals surface area contributed by atoms with Gasteiger partial charge in [-0.25, -0.2) is 0 Å². The molecule has 1 rings (SSSR count). The van der Waals surface area contributed by atoms with Gasteiger partial charge >= 0.3 is 0 Å². The van der Waals surface area contributed by atoms with Crippen LogP contribution in [0.4, 0.5) is 5.69 Å². The average molecular weight is 379 g/mol. The smallest absolute Gasteiger partial charge is 0.234 e. The van der Waals surface area contributed by atoms with Gasteiger partial charge in [-0.15, -0.1) is 11.8 Å². The Bertz CT molecular complexity index is 580. The summed E-state index contributed by atoms with van der Waals surface area (Å²) < 4.78 is 5.56. The molecule has 2 amide bonds. The van der Waals surface area contributed by atoms with Gasteiger partial charge in [-0.3, -0.25) is 9.59 Å². The van der Waals surface area contributed by atoms with Crippen molar-refractivity contribution in [1.29, 1.82) is 0 Å². The molecule has 0 bridgehead atoms. The number of hydrogen-bond acceptors (Lipinski definition) is 4. The van der Waals surface area contributed by atoms with Gasteiger partial charge in [0.2, 0.25) is 11.8 Å². The first-order valence-electron chi connectivity index (χ1n) is 6.94. The summed E-state index contributed by atoms with van der Waals surface area (Å²) in [5, 5.41) is 3.41. The zero-order valence-corrected chi connectivity index (χ0v) is 15.8. The molecule has 23 heavy (non-hydrogen) atoms. The minimum atomic E-state index is -0.249. The van der Waals surface area contributed by atoms with Gasteiger partial charge in [0.1, 0.15) is 5.75 Å². The minimum absolute atomic E-state index is 0.0417. The molecule has 8 heteroatoms. The number of anilines is 1. The fraction of sp³-hybridized carbons (Fsp3) is 0.467. The number of rotatable bonds is 7. The Morgan fingerprint density at radius 2 is 1.87 bits per heavy atom. The first-order valence-corrected chi connectivity index (χ1v) is 8.85. The molecule has 0 aliphatic heterocycles. The van der Waals surface area contributed by atoms with Gasteiger partial charge in [-0.2, -0.15) is 0 Å². The summed E-state index contributed by atoms with van der Waals surface area (Å²) in [5.74, 6) is 0.563. The van der Waals surface area contributed by atoms with E-state index in [1.54, 1.807) is 20.2 Å². The maximum absolute atomic E-state index is 11.9. The van der Waals surface area contributed by atoms with Gasteiger partial charge in [0.05, 0.1) is 33.3 Å². The molecule has 0 atom stereocenters. The first-order chi connectivity index (χ1) is 10.7. The average Bonchev–Trinajstić information content (AvgIpc) is 2.43. The summed E-state index contributed by atoms with van der Waals surface area (Å²) in [6.45, 7) is 3.75. The van der Waals surface area contributed by atoms with Crippen molar-refractivity contribution in [2.75, 3.05) is 30.9 Å². The number of nitrogens with one attached hydrogen (secondary N) is 1. The standard InChI is InChI=1S/C15H20Cl2N2O3S/c1-9(2)22-13-6-12(10(16)5-11(13)17)18-14(20)7-23-8-15(21)19(3)4/h5-6,9H,7-8H2,1-4H3,(H,18,20). The van der Waals surface area contributed by atoms with Crippen molar-refractivity contribution < 1.29 is 14.3 Å². The Balaban J connectivity index is 2.65. The number of thioether (sulfide) groups is 1. The Hall–Kier alpha value is -1.11. The lowest BCUT2D eigenvalue weighted by Gasteiger charge is -2.14. The molecule has 0 saturated carbocycles. The molecule has 0 fully saturated rings. The van der Waals surface area contributed by atoms with E-state index in [2.05, 4.69) is 5.32 Å². The summed E-state index contributed by atoms with van der Waals surface area (Å²) in [4.78, 5) is 24.9. The third-order valence-corrected chi connectivity index (χ3v) is 4.14. The Labute approximate surface area is 150 Å². The van der Waals surface area contributed by atoms with E-state index >= 15 is 0 Å². The third kappa shape index (κ3) is 6.89. The number of amides is 2. The topological polar surface area (TPSA) is 58.6 Å². The molecule has 0 unspecified atom stereocenters. The molecule has 0 saturated heterocycles. The summed E-state index contributed by atoms with van der Waals surface area (Å²) in [7, 11) is 3.35. The molecule has 1 aromatic rings. The quantitative estimate of drug-likeness (QED) is 0.787. The van der Waals surface area contributed by atoms with Crippen molar-refractivity contribution >= 4 is 52.5 Å². The number of hydrogen-bond donors (Lipinski definition) is 1. The fourth-order valence-electron chi connectivity index (χ4n) is 1.52. The fourth-order valence-corrected chi connectivity index (χ4v) is 2.78. The van der Waals surface area contributed by atoms with E-state index in [1.165, 1.54) is 22.7 Å². The lowest BCUT2D eigenvalue weighted by Crippen LogP contribution is -2.24. The molecule has 1 aromatic carbocycles. The van der Waals surface area contributed by atoms with Crippen LogP contribution in [0.25, 0.3) is 0 Å². The first kappa shape index (κ1) is 19.9. The van der Waals surface area contributed by atoms with Crippen LogP contribution in [-0.4, -0.2) is 48.4 Å². The largest absolute Gasteiger partial charge is 0.489 e. The van der Waals surface area contributed by atoms with Gasteiger partial charge in [0, 0.05) is 20.2 Å². The summed E-state index contributed by atoms with van der Waals surface area (Å²) >= 11 is 13.4. The van der Waals surface area contributed by atoms with Gasteiger partial charge < -0.3 is 15.0 Å². The van der Waals surface area contributed by atoms with Crippen LogP contribution < -0.4 is 10.1 Å². The summed E-state index contributed by atoms with van der Waals surface area (Å²) in [6.07, 6.45) is -0.0511. The maximum atomic E-state index is 11.9. The highest BCUT2D eigenvalue weighted by Crippen LogP contribution is 2.34. The van der Waals surface area contributed by atoms with E-state index in [-0.39, 0.29) is 29.4 Å². The number of halogens is 2. The highest BCUT2D eigenvalue weighted by molar-refractivity contribution is 8.00. The van der Waals surface area contributed by atoms with Crippen LogP contribution in [0.1, 0.15) is 13.8 Å². The number of ether oxygens (including phenoxy) is 1. The van der Waals surface area contributed by atoms with Crippen molar-refractivity contribution in [3.63, 3.8) is 0 Å². The molecule has 0 aromatic heterocycles. The molecule has 1 N–H and O–H groups in total. The van der Waals surface area contributed by atoms with Crippen molar-refractivity contribution in [3.05, 3.63) is 22.2 Å². The van der Waals surface area contributed by atoms with Crippen molar-refractivity contribution in [2.45, 2.75) is 20.0 Å². The van der Waals surface area contributed by atoms with Crippen LogP contribution >= 0.6 is 35.0 Å². The van der Waals surface area contributed by atoms with Gasteiger partial charge in [-0.1, -0.05) is 23.2 Å². The normalized spacial score (nSPS) is 10.6. The van der Waals surface area contributed by atoms with Crippen molar-refractivity contribution in [3.8, 4) is 5.75 Å². The number of benzene rings is 1. The summed E-state index contributed by atoms with van der Waals surface area (Å²) in [5.41, 5.74) is 0.427. The lowest BCUT2D eigenvalue weighted by molar-refractivity contribution is -0.125. The second-order valence-electron chi connectivity index (χ2n) is 5.26. The number of carbonyl (C=O) groups excluding carboxylic acids is 2. The molecule has 128 valence electrons. The minimum Gasteiger partial charge on any atom is -0.489 e. The second-order valence-corrected chi connectivity index (χ2v) is 7.06. The van der Waals surface area contributed by atoms with E-state index in [4.69, 9.17) is 27.9 Å². The van der Waals surface area contributed by atoms with Crippen LogP contribution in [0, 0.1) is 0 Å². The van der Waals surface area contributed by atoms with Crippen LogP contribution in [0.2, 0.25) is 10.0 Å². The van der Waals surface area contributed by atoms with E-state index in [9.17, 15) is 9.59 Å². The van der Waals surface area contributed by atoms with Crippen molar-refractivity contribution in [1.82, 2.24) is 4.90 Å². The third-order valence-electron chi connectivity index (χ3n) is 2.62. The molecule has 5 nitrogen and oxygen atoms in total. The van der Waals surface area contributed by atoms with E-state index in [0.29, 0.717) is 21.5 Å². The predicted octanol–water partition coefficient (Wildman–Crippen LogP) is 3.54. The number of nitrogens with zero attached hydrogens (tertiary/aromatic N) is 1. The van der Waals surface area contributed by atoms with Gasteiger partial charge in [-0.05, 0) is 19.9 Å². The van der Waals surface area contributed by atoms with E-state index < -0.39 is 0 Å². The monoisotopic (exact) mass is 378 g/mol. The van der Waals surface area contributed by atoms with Crippen LogP contribution in [-0.2, 0) is 9.59 Å². The van der Waals surface area contributed by atoms with Crippen LogP contribution in [0.5, 0.6) is 5.75 Å². The highest BCUT2D eigenvalue weighted by atomic mass is 35.5. The zero-order valence-electron chi connectivity index (χ0n) is 13.5. The second kappa shape index (κ2) is 9.25. The molecular weight excluding hydrogens is 359 g/mol. The van der Waals surface area contributed by atoms with Crippen molar-refractivity contribution in [2.24, 2.45) is 0 Å². The van der Waals surface area contributed by atoms with Crippen LogP contribution in [0.3, 0.4) is 0 Å².